The third kappa shape index (κ3) is 4.58. The number of rotatable bonds is 7. The molecule has 1 saturated heterocycles. The number of halogens is 2. The first-order valence-corrected chi connectivity index (χ1v) is 11.6. The first-order chi connectivity index (χ1) is 17.3. The fourth-order valence-electron chi connectivity index (χ4n) is 4.67. The quantitative estimate of drug-likeness (QED) is 0.405. The standard InChI is InChI=1S/C26H25F2N5O3/c1-15-9-23-31-16(2)21(10-17-5-3-4-6-22(17)36-25(27)28)33(23)14-20(15)19-11-29-26(30-12-19)32-8-7-18(13-32)24(34)35/h3-6,9,11-12,14,18,25H,7-8,10,13H2,1-2H3,(H,34,35)/t18-/m1/s1. The normalized spacial score (nSPS) is 15.7. The predicted molar refractivity (Wildman–Crippen MR) is 130 cm³/mol. The van der Waals surface area contributed by atoms with E-state index in [1.54, 1.807) is 30.6 Å². The number of aryl methyl sites for hydroxylation is 2. The van der Waals surface area contributed by atoms with Gasteiger partial charge in [0.1, 0.15) is 11.4 Å². The minimum absolute atomic E-state index is 0.144. The van der Waals surface area contributed by atoms with E-state index in [0.717, 1.165) is 33.7 Å². The molecule has 0 bridgehead atoms. The fraction of sp³-hybridized carbons (Fsp3) is 0.308. The molecule has 186 valence electrons. The van der Waals surface area contributed by atoms with Crippen LogP contribution in [0.5, 0.6) is 5.75 Å². The average molecular weight is 494 g/mol. The van der Waals surface area contributed by atoms with Crippen molar-refractivity contribution in [1.82, 2.24) is 19.4 Å². The van der Waals surface area contributed by atoms with Crippen LogP contribution in [-0.2, 0) is 11.2 Å². The molecule has 0 saturated carbocycles. The first-order valence-electron chi connectivity index (χ1n) is 11.6. The van der Waals surface area contributed by atoms with Gasteiger partial charge in [0.25, 0.3) is 0 Å². The Labute approximate surface area is 206 Å². The van der Waals surface area contributed by atoms with E-state index in [9.17, 15) is 18.7 Å². The highest BCUT2D eigenvalue weighted by Crippen LogP contribution is 2.29. The molecule has 1 aliphatic rings. The van der Waals surface area contributed by atoms with Crippen LogP contribution in [0.4, 0.5) is 14.7 Å². The number of carbonyl (C=O) groups is 1. The maximum atomic E-state index is 12.9. The molecule has 1 aromatic carbocycles. The highest BCUT2D eigenvalue weighted by atomic mass is 19.3. The van der Waals surface area contributed by atoms with E-state index in [4.69, 9.17) is 4.74 Å². The lowest BCUT2D eigenvalue weighted by atomic mass is 10.1. The van der Waals surface area contributed by atoms with Crippen molar-refractivity contribution < 1.29 is 23.4 Å². The number of alkyl halides is 2. The third-order valence-electron chi connectivity index (χ3n) is 6.58. The Balaban J connectivity index is 1.47. The largest absolute Gasteiger partial charge is 0.481 e. The van der Waals surface area contributed by atoms with E-state index >= 15 is 0 Å². The average Bonchev–Trinajstić information content (AvgIpc) is 3.45. The van der Waals surface area contributed by atoms with Crippen LogP contribution in [-0.4, -0.2) is 50.1 Å². The van der Waals surface area contributed by atoms with Crippen LogP contribution < -0.4 is 9.64 Å². The molecular weight excluding hydrogens is 468 g/mol. The minimum Gasteiger partial charge on any atom is -0.481 e. The van der Waals surface area contributed by atoms with Gasteiger partial charge in [-0.2, -0.15) is 8.78 Å². The number of anilines is 1. The first kappa shape index (κ1) is 23.7. The monoisotopic (exact) mass is 493 g/mol. The van der Waals surface area contributed by atoms with Crippen LogP contribution in [0.2, 0.25) is 0 Å². The summed E-state index contributed by atoms with van der Waals surface area (Å²) in [6.07, 6.45) is 6.38. The van der Waals surface area contributed by atoms with Crippen molar-refractivity contribution in [3.05, 3.63) is 71.4 Å². The van der Waals surface area contributed by atoms with Crippen molar-refractivity contribution in [3.8, 4) is 16.9 Å². The molecule has 8 nitrogen and oxygen atoms in total. The van der Waals surface area contributed by atoms with Crippen molar-refractivity contribution in [2.24, 2.45) is 5.92 Å². The molecule has 0 radical (unpaired) electrons. The van der Waals surface area contributed by atoms with Crippen LogP contribution in [0.15, 0.2) is 48.9 Å². The Bertz CT molecular complexity index is 1420. The molecule has 0 spiro atoms. The van der Waals surface area contributed by atoms with Crippen molar-refractivity contribution in [2.75, 3.05) is 18.0 Å². The Morgan fingerprint density at radius 1 is 1.22 bits per heavy atom. The second-order valence-electron chi connectivity index (χ2n) is 8.95. The Kier molecular flexibility index (Phi) is 6.26. The Morgan fingerprint density at radius 3 is 2.67 bits per heavy atom. The lowest BCUT2D eigenvalue weighted by molar-refractivity contribution is -0.140. The lowest BCUT2D eigenvalue weighted by Crippen LogP contribution is -2.24. The topological polar surface area (TPSA) is 92.9 Å². The van der Waals surface area contributed by atoms with E-state index in [1.165, 1.54) is 6.07 Å². The number of fused-ring (bicyclic) bond motifs is 1. The minimum atomic E-state index is -2.90. The molecular formula is C26H25F2N5O3. The molecule has 1 aliphatic heterocycles. The van der Waals surface area contributed by atoms with Crippen molar-refractivity contribution in [2.45, 2.75) is 33.3 Å². The maximum absolute atomic E-state index is 12.9. The zero-order chi connectivity index (χ0) is 25.4. The highest BCUT2D eigenvalue weighted by molar-refractivity contribution is 5.72. The molecule has 3 aromatic heterocycles. The molecule has 1 atom stereocenters. The van der Waals surface area contributed by atoms with Gasteiger partial charge in [0.15, 0.2) is 0 Å². The number of nitrogens with zero attached hydrogens (tertiary/aromatic N) is 5. The second-order valence-corrected chi connectivity index (χ2v) is 8.95. The van der Waals surface area contributed by atoms with Gasteiger partial charge in [-0.1, -0.05) is 18.2 Å². The van der Waals surface area contributed by atoms with E-state index in [-0.39, 0.29) is 5.75 Å². The number of carboxylic acids is 1. The van der Waals surface area contributed by atoms with E-state index in [0.29, 0.717) is 37.4 Å². The number of carboxylic acid groups (broad SMARTS) is 1. The van der Waals surface area contributed by atoms with Gasteiger partial charge in [0.2, 0.25) is 5.95 Å². The van der Waals surface area contributed by atoms with E-state index < -0.39 is 18.5 Å². The number of para-hydroxylation sites is 1. The number of imidazole rings is 1. The number of ether oxygens (including phenoxy) is 1. The fourth-order valence-corrected chi connectivity index (χ4v) is 4.67. The molecule has 4 heterocycles. The van der Waals surface area contributed by atoms with Crippen molar-refractivity contribution >= 4 is 17.6 Å². The van der Waals surface area contributed by atoms with E-state index in [2.05, 4.69) is 15.0 Å². The van der Waals surface area contributed by atoms with Crippen molar-refractivity contribution in [3.63, 3.8) is 0 Å². The third-order valence-corrected chi connectivity index (χ3v) is 6.58. The van der Waals surface area contributed by atoms with Gasteiger partial charge in [-0.25, -0.2) is 15.0 Å². The summed E-state index contributed by atoms with van der Waals surface area (Å²) in [7, 11) is 0. The van der Waals surface area contributed by atoms with Gasteiger partial charge in [0.05, 0.1) is 11.6 Å². The van der Waals surface area contributed by atoms with Gasteiger partial charge in [-0.05, 0) is 38.0 Å². The smallest absolute Gasteiger partial charge is 0.387 e. The summed E-state index contributed by atoms with van der Waals surface area (Å²) < 4.78 is 32.5. The summed E-state index contributed by atoms with van der Waals surface area (Å²) in [5.41, 5.74) is 5.77. The number of hydrogen-bond acceptors (Lipinski definition) is 6. The number of benzene rings is 1. The Hall–Kier alpha value is -4.08. The number of aliphatic carboxylic acids is 1. The summed E-state index contributed by atoms with van der Waals surface area (Å²) in [4.78, 5) is 26.8. The summed E-state index contributed by atoms with van der Waals surface area (Å²) >= 11 is 0. The summed E-state index contributed by atoms with van der Waals surface area (Å²) in [6, 6.07) is 8.73. The SMILES string of the molecule is Cc1cc2nc(C)c(Cc3ccccc3OC(F)F)n2cc1-c1cnc(N2CC[C@@H](C(=O)O)C2)nc1. The summed E-state index contributed by atoms with van der Waals surface area (Å²) in [5.74, 6) is -0.550. The van der Waals surface area contributed by atoms with Crippen LogP contribution in [0.1, 0.15) is 28.9 Å². The zero-order valence-corrected chi connectivity index (χ0v) is 19.9. The molecule has 5 rings (SSSR count). The zero-order valence-electron chi connectivity index (χ0n) is 19.9. The van der Waals surface area contributed by atoms with E-state index in [1.807, 2.05) is 35.4 Å². The highest BCUT2D eigenvalue weighted by Gasteiger charge is 2.29. The predicted octanol–water partition coefficient (Wildman–Crippen LogP) is 4.51. The van der Waals surface area contributed by atoms with Gasteiger partial charge in [0, 0.05) is 60.5 Å². The molecule has 1 fully saturated rings. The lowest BCUT2D eigenvalue weighted by Gasteiger charge is -2.16. The Morgan fingerprint density at radius 2 is 1.97 bits per heavy atom. The van der Waals surface area contributed by atoms with Crippen LogP contribution in [0, 0.1) is 19.8 Å². The number of pyridine rings is 1. The van der Waals surface area contributed by atoms with Gasteiger partial charge in [-0.3, -0.25) is 4.79 Å². The summed E-state index contributed by atoms with van der Waals surface area (Å²) in [6.45, 7) is 1.98. The van der Waals surface area contributed by atoms with Gasteiger partial charge in [-0.15, -0.1) is 0 Å². The van der Waals surface area contributed by atoms with Crippen LogP contribution in [0.3, 0.4) is 0 Å². The number of aromatic nitrogens is 4. The molecule has 0 amide bonds. The number of hydrogen-bond donors (Lipinski definition) is 1. The molecule has 36 heavy (non-hydrogen) atoms. The molecule has 1 N–H and O–H groups in total. The molecule has 0 unspecified atom stereocenters. The second kappa shape index (κ2) is 9.52. The molecule has 4 aromatic rings. The van der Waals surface area contributed by atoms with Crippen LogP contribution in [0.25, 0.3) is 16.8 Å². The molecule has 0 aliphatic carbocycles. The van der Waals surface area contributed by atoms with Crippen LogP contribution >= 0.6 is 0 Å². The van der Waals surface area contributed by atoms with Gasteiger partial charge >= 0.3 is 12.6 Å². The van der Waals surface area contributed by atoms with Crippen molar-refractivity contribution in [1.29, 1.82) is 0 Å². The molecule has 10 heteroatoms. The van der Waals surface area contributed by atoms with Gasteiger partial charge < -0.3 is 19.1 Å². The summed E-state index contributed by atoms with van der Waals surface area (Å²) in [5, 5.41) is 9.24. The maximum Gasteiger partial charge on any atom is 0.387 e.